The minimum Gasteiger partial charge on any atom is -0.353 e. The van der Waals surface area contributed by atoms with Crippen molar-refractivity contribution < 1.29 is 9.72 Å². The minimum atomic E-state index is -0.420. The largest absolute Gasteiger partial charge is 0.353 e. The molecule has 1 atom stereocenters. The molecular formula is C19H21N3O3S. The summed E-state index contributed by atoms with van der Waals surface area (Å²) in [5.74, 6) is 0.275. The van der Waals surface area contributed by atoms with Crippen molar-refractivity contribution in [3.63, 3.8) is 0 Å². The van der Waals surface area contributed by atoms with E-state index < -0.39 is 4.92 Å². The van der Waals surface area contributed by atoms with Crippen LogP contribution in [0.3, 0.4) is 0 Å². The maximum Gasteiger partial charge on any atom is 0.269 e. The molecule has 0 aliphatic carbocycles. The summed E-state index contributed by atoms with van der Waals surface area (Å²) in [4.78, 5) is 22.5. The summed E-state index contributed by atoms with van der Waals surface area (Å²) in [7, 11) is 0. The molecule has 1 aromatic rings. The Hall–Kier alpha value is -2.59. The molecule has 1 N–H and O–H groups in total. The van der Waals surface area contributed by atoms with Crippen molar-refractivity contribution >= 4 is 23.2 Å². The Morgan fingerprint density at radius 3 is 2.77 bits per heavy atom. The second-order valence-electron chi connectivity index (χ2n) is 6.13. The number of ketones is 1. The molecule has 0 radical (unpaired) electrons. The summed E-state index contributed by atoms with van der Waals surface area (Å²) in [6, 6.07) is 8.73. The molecule has 0 bridgehead atoms. The van der Waals surface area contributed by atoms with E-state index in [1.54, 1.807) is 6.07 Å². The van der Waals surface area contributed by atoms with Gasteiger partial charge in [0, 0.05) is 35.1 Å². The maximum absolute atomic E-state index is 12.0. The van der Waals surface area contributed by atoms with E-state index in [0.717, 1.165) is 29.1 Å². The number of hydrogen-bond donors (Lipinski definition) is 1. The number of allylic oxidation sites excluding steroid dienone is 3. The van der Waals surface area contributed by atoms with Crippen LogP contribution in [0, 0.1) is 27.4 Å². The SMILES string of the molecule is CCCC1C(C#N)=C(SCc2cccc([N+](=O)[O-])c2)NC(C)=C1C(C)=O. The zero-order valence-electron chi connectivity index (χ0n) is 15.0. The van der Waals surface area contributed by atoms with Crippen LogP contribution in [0.15, 0.2) is 46.1 Å². The second-order valence-corrected chi connectivity index (χ2v) is 7.12. The van der Waals surface area contributed by atoms with Crippen molar-refractivity contribution in [1.29, 1.82) is 5.26 Å². The molecule has 0 fully saturated rings. The number of nitrogens with zero attached hydrogens (tertiary/aromatic N) is 2. The first kappa shape index (κ1) is 19.7. The van der Waals surface area contributed by atoms with Crippen molar-refractivity contribution in [3.05, 3.63) is 61.8 Å². The van der Waals surface area contributed by atoms with Crippen molar-refractivity contribution in [2.24, 2.45) is 5.92 Å². The lowest BCUT2D eigenvalue weighted by Crippen LogP contribution is -2.28. The van der Waals surface area contributed by atoms with Gasteiger partial charge < -0.3 is 5.32 Å². The predicted octanol–water partition coefficient (Wildman–Crippen LogP) is 4.45. The highest BCUT2D eigenvalue weighted by Crippen LogP contribution is 2.37. The zero-order chi connectivity index (χ0) is 19.3. The number of thioether (sulfide) groups is 1. The fraction of sp³-hybridized carbons (Fsp3) is 0.368. The Labute approximate surface area is 157 Å². The summed E-state index contributed by atoms with van der Waals surface area (Å²) in [6.07, 6.45) is 1.60. The topological polar surface area (TPSA) is 96.0 Å². The van der Waals surface area contributed by atoms with Gasteiger partial charge >= 0.3 is 0 Å². The minimum absolute atomic E-state index is 0.0241. The molecule has 1 aliphatic rings. The van der Waals surface area contributed by atoms with Crippen LogP contribution in [0.2, 0.25) is 0 Å². The lowest BCUT2D eigenvalue weighted by atomic mass is 9.83. The van der Waals surface area contributed by atoms with E-state index in [9.17, 15) is 20.2 Å². The lowest BCUT2D eigenvalue weighted by Gasteiger charge is -2.28. The monoisotopic (exact) mass is 371 g/mol. The van der Waals surface area contributed by atoms with Crippen molar-refractivity contribution in [1.82, 2.24) is 5.32 Å². The molecule has 1 aliphatic heterocycles. The van der Waals surface area contributed by atoms with Crippen molar-refractivity contribution in [2.75, 3.05) is 0 Å². The molecular weight excluding hydrogens is 350 g/mol. The fourth-order valence-corrected chi connectivity index (χ4v) is 4.17. The number of nitro benzene ring substituents is 1. The van der Waals surface area contributed by atoms with E-state index in [1.165, 1.54) is 30.8 Å². The summed E-state index contributed by atoms with van der Waals surface area (Å²) in [5, 5.41) is 24.5. The molecule has 2 rings (SSSR count). The molecule has 1 aromatic carbocycles. The van der Waals surface area contributed by atoms with Crippen LogP contribution < -0.4 is 5.32 Å². The third kappa shape index (κ3) is 4.33. The number of rotatable bonds is 7. The number of Topliss-reactive ketones (excluding diaryl/α,β-unsaturated/α-hetero) is 1. The third-order valence-electron chi connectivity index (χ3n) is 4.23. The highest BCUT2D eigenvalue weighted by molar-refractivity contribution is 8.02. The number of carbonyl (C=O) groups excluding carboxylic acids is 1. The lowest BCUT2D eigenvalue weighted by molar-refractivity contribution is -0.384. The smallest absolute Gasteiger partial charge is 0.269 e. The van der Waals surface area contributed by atoms with Gasteiger partial charge in [-0.1, -0.05) is 25.5 Å². The van der Waals surface area contributed by atoms with Crippen LogP contribution in [-0.4, -0.2) is 10.7 Å². The molecule has 136 valence electrons. The van der Waals surface area contributed by atoms with Gasteiger partial charge in [0.1, 0.15) is 0 Å². The van der Waals surface area contributed by atoms with Gasteiger partial charge in [0.2, 0.25) is 0 Å². The summed E-state index contributed by atoms with van der Waals surface area (Å²) in [6.45, 7) is 5.40. The number of nitro groups is 1. The Morgan fingerprint density at radius 2 is 2.19 bits per heavy atom. The van der Waals surface area contributed by atoms with Crippen LogP contribution in [0.1, 0.15) is 39.2 Å². The van der Waals surface area contributed by atoms with Crippen LogP contribution in [0.25, 0.3) is 0 Å². The third-order valence-corrected chi connectivity index (χ3v) is 5.32. The van der Waals surface area contributed by atoms with Crippen LogP contribution in [0.5, 0.6) is 0 Å². The van der Waals surface area contributed by atoms with Crippen LogP contribution >= 0.6 is 11.8 Å². The van der Waals surface area contributed by atoms with Gasteiger partial charge in [-0.15, -0.1) is 11.8 Å². The zero-order valence-corrected chi connectivity index (χ0v) is 15.9. The number of carbonyl (C=O) groups is 1. The molecule has 0 saturated carbocycles. The highest BCUT2D eigenvalue weighted by Gasteiger charge is 2.30. The summed E-state index contributed by atoms with van der Waals surface area (Å²) >= 11 is 1.43. The predicted molar refractivity (Wildman–Crippen MR) is 102 cm³/mol. The van der Waals surface area contributed by atoms with Crippen LogP contribution in [0.4, 0.5) is 5.69 Å². The number of benzene rings is 1. The van der Waals surface area contributed by atoms with E-state index in [0.29, 0.717) is 16.9 Å². The number of non-ortho nitro benzene ring substituents is 1. The molecule has 0 spiro atoms. The Morgan fingerprint density at radius 1 is 1.46 bits per heavy atom. The van der Waals surface area contributed by atoms with Gasteiger partial charge in [0.25, 0.3) is 5.69 Å². The number of dihydropyridines is 1. The molecule has 7 heteroatoms. The normalized spacial score (nSPS) is 16.9. The number of nitriles is 1. The van der Waals surface area contributed by atoms with Gasteiger partial charge in [-0.05, 0) is 25.8 Å². The Kier molecular flexibility index (Phi) is 6.58. The molecule has 26 heavy (non-hydrogen) atoms. The highest BCUT2D eigenvalue weighted by atomic mass is 32.2. The van der Waals surface area contributed by atoms with E-state index in [-0.39, 0.29) is 17.4 Å². The van der Waals surface area contributed by atoms with Crippen LogP contribution in [-0.2, 0) is 10.5 Å². The van der Waals surface area contributed by atoms with Gasteiger partial charge in [0.15, 0.2) is 5.78 Å². The molecule has 0 saturated heterocycles. The van der Waals surface area contributed by atoms with Gasteiger partial charge in [-0.25, -0.2) is 0 Å². The van der Waals surface area contributed by atoms with E-state index in [4.69, 9.17) is 0 Å². The Bertz CT molecular complexity index is 837. The first-order valence-corrected chi connectivity index (χ1v) is 9.36. The van der Waals surface area contributed by atoms with Gasteiger partial charge in [0.05, 0.1) is 21.6 Å². The summed E-state index contributed by atoms with van der Waals surface area (Å²) in [5.41, 5.74) is 2.87. The molecule has 1 heterocycles. The van der Waals surface area contributed by atoms with Crippen molar-refractivity contribution in [2.45, 2.75) is 39.4 Å². The standard InChI is InChI=1S/C19H21N3O3S/c1-4-6-16-17(10-20)19(21-12(2)18(16)13(3)23)26-11-14-7-5-8-15(9-14)22(24)25/h5,7-9,16,21H,4,6,11H2,1-3H3. The molecule has 1 unspecified atom stereocenters. The second kappa shape index (κ2) is 8.68. The maximum atomic E-state index is 12.0. The quantitative estimate of drug-likeness (QED) is 0.562. The average molecular weight is 371 g/mol. The molecule has 0 aromatic heterocycles. The number of nitrogens with one attached hydrogen (secondary N) is 1. The Balaban J connectivity index is 2.28. The van der Waals surface area contributed by atoms with Gasteiger partial charge in [-0.3, -0.25) is 14.9 Å². The summed E-state index contributed by atoms with van der Waals surface area (Å²) < 4.78 is 0. The van der Waals surface area contributed by atoms with E-state index in [1.807, 2.05) is 19.9 Å². The first-order valence-electron chi connectivity index (χ1n) is 8.38. The number of hydrogen-bond acceptors (Lipinski definition) is 6. The fourth-order valence-electron chi connectivity index (χ4n) is 3.11. The van der Waals surface area contributed by atoms with Crippen molar-refractivity contribution in [3.8, 4) is 6.07 Å². The first-order chi connectivity index (χ1) is 12.4. The van der Waals surface area contributed by atoms with E-state index >= 15 is 0 Å². The van der Waals surface area contributed by atoms with E-state index in [2.05, 4.69) is 11.4 Å². The average Bonchev–Trinajstić information content (AvgIpc) is 2.60. The molecule has 0 amide bonds. The molecule has 6 nitrogen and oxygen atoms in total. The van der Waals surface area contributed by atoms with Gasteiger partial charge in [-0.2, -0.15) is 5.26 Å².